The Bertz CT molecular complexity index is 641. The fraction of sp³-hybridized carbons (Fsp3) is 0.389. The zero-order valence-electron chi connectivity index (χ0n) is 12.9. The summed E-state index contributed by atoms with van der Waals surface area (Å²) in [5.41, 5.74) is 0.584. The van der Waals surface area contributed by atoms with E-state index in [1.807, 2.05) is 29.6 Å². The van der Waals surface area contributed by atoms with Crippen LogP contribution in [0.5, 0.6) is 5.75 Å². The van der Waals surface area contributed by atoms with Crippen molar-refractivity contribution in [2.75, 3.05) is 6.54 Å². The summed E-state index contributed by atoms with van der Waals surface area (Å²) in [6.07, 6.45) is 2.57. The van der Waals surface area contributed by atoms with Gasteiger partial charge in [0.25, 0.3) is 5.91 Å². The number of hydrogen-bond acceptors (Lipinski definition) is 4. The van der Waals surface area contributed by atoms with Crippen molar-refractivity contribution < 1.29 is 14.6 Å². The van der Waals surface area contributed by atoms with Crippen molar-refractivity contribution in [3.63, 3.8) is 0 Å². The maximum atomic E-state index is 12.2. The molecular formula is C18H21NO3S. The summed E-state index contributed by atoms with van der Waals surface area (Å²) in [5, 5.41) is 14.7. The van der Waals surface area contributed by atoms with Crippen LogP contribution in [0.25, 0.3) is 0 Å². The second-order valence-corrected chi connectivity index (χ2v) is 6.90. The lowest BCUT2D eigenvalue weighted by Crippen LogP contribution is -2.32. The van der Waals surface area contributed by atoms with Gasteiger partial charge in [0.1, 0.15) is 12.4 Å². The Balaban J connectivity index is 1.54. The van der Waals surface area contributed by atoms with Crippen molar-refractivity contribution >= 4 is 17.2 Å². The van der Waals surface area contributed by atoms with Crippen LogP contribution in [0, 0.1) is 5.92 Å². The molecule has 3 rings (SSSR count). The van der Waals surface area contributed by atoms with Gasteiger partial charge in [-0.25, -0.2) is 0 Å². The number of nitrogens with one attached hydrogen (secondary N) is 1. The number of aliphatic hydroxyl groups excluding tert-OH is 1. The van der Waals surface area contributed by atoms with Crippen molar-refractivity contribution in [3.05, 3.63) is 52.2 Å². The molecule has 1 amide bonds. The van der Waals surface area contributed by atoms with Crippen LogP contribution in [-0.2, 0) is 6.61 Å². The fourth-order valence-corrected chi connectivity index (χ4v) is 3.47. The quantitative estimate of drug-likeness (QED) is 0.854. The molecule has 1 aromatic heterocycles. The van der Waals surface area contributed by atoms with E-state index in [0.29, 0.717) is 24.5 Å². The normalized spacial score (nSPS) is 20.4. The molecule has 1 aromatic carbocycles. The summed E-state index contributed by atoms with van der Waals surface area (Å²) in [4.78, 5) is 13.4. The van der Waals surface area contributed by atoms with Gasteiger partial charge in [0.05, 0.1) is 6.10 Å². The SMILES string of the molecule is O=C(NCC1CCCC1O)c1cccc(OCc2cccs2)c1. The summed E-state index contributed by atoms with van der Waals surface area (Å²) >= 11 is 1.65. The van der Waals surface area contributed by atoms with Gasteiger partial charge in [0.2, 0.25) is 0 Å². The van der Waals surface area contributed by atoms with Gasteiger partial charge < -0.3 is 15.2 Å². The van der Waals surface area contributed by atoms with Crippen molar-refractivity contribution in [2.24, 2.45) is 5.92 Å². The Morgan fingerprint density at radius 1 is 1.30 bits per heavy atom. The third-order valence-electron chi connectivity index (χ3n) is 4.20. The zero-order valence-corrected chi connectivity index (χ0v) is 13.7. The first-order valence-electron chi connectivity index (χ1n) is 7.94. The van der Waals surface area contributed by atoms with Crippen LogP contribution in [0.4, 0.5) is 0 Å². The Morgan fingerprint density at radius 3 is 2.96 bits per heavy atom. The summed E-state index contributed by atoms with van der Waals surface area (Å²) in [6, 6.07) is 11.2. The number of aliphatic hydroxyl groups is 1. The van der Waals surface area contributed by atoms with Crippen molar-refractivity contribution in [3.8, 4) is 5.75 Å². The standard InChI is InChI=1S/C18H21NO3S/c20-17-8-2-5-14(17)11-19-18(21)13-4-1-6-15(10-13)22-12-16-7-3-9-23-16/h1,3-4,6-7,9-10,14,17,20H,2,5,8,11-12H2,(H,19,21). The minimum absolute atomic E-state index is 0.120. The lowest BCUT2D eigenvalue weighted by Gasteiger charge is -2.15. The molecule has 0 saturated heterocycles. The van der Waals surface area contributed by atoms with E-state index in [1.54, 1.807) is 23.5 Å². The van der Waals surface area contributed by atoms with Crippen LogP contribution < -0.4 is 10.1 Å². The number of benzene rings is 1. The minimum atomic E-state index is -0.282. The second kappa shape index (κ2) is 7.62. The number of amides is 1. The third-order valence-corrected chi connectivity index (χ3v) is 5.05. The average molecular weight is 331 g/mol. The molecule has 0 bridgehead atoms. The van der Waals surface area contributed by atoms with Crippen LogP contribution in [-0.4, -0.2) is 23.7 Å². The molecule has 1 saturated carbocycles. The highest BCUT2D eigenvalue weighted by atomic mass is 32.1. The molecule has 2 aromatic rings. The lowest BCUT2D eigenvalue weighted by atomic mass is 10.1. The molecule has 122 valence electrons. The van der Waals surface area contributed by atoms with E-state index >= 15 is 0 Å². The van der Waals surface area contributed by atoms with Gasteiger partial charge in [-0.3, -0.25) is 4.79 Å². The van der Waals surface area contributed by atoms with E-state index in [4.69, 9.17) is 4.74 Å². The highest BCUT2D eigenvalue weighted by molar-refractivity contribution is 7.09. The van der Waals surface area contributed by atoms with Crippen molar-refractivity contribution in [1.82, 2.24) is 5.32 Å². The van der Waals surface area contributed by atoms with Gasteiger partial charge >= 0.3 is 0 Å². The Labute approximate surface area is 140 Å². The van der Waals surface area contributed by atoms with E-state index in [-0.39, 0.29) is 17.9 Å². The Kier molecular flexibility index (Phi) is 5.31. The smallest absolute Gasteiger partial charge is 0.251 e. The first-order valence-corrected chi connectivity index (χ1v) is 8.82. The molecule has 2 atom stereocenters. The first-order chi connectivity index (χ1) is 11.2. The minimum Gasteiger partial charge on any atom is -0.488 e. The molecule has 0 spiro atoms. The maximum absolute atomic E-state index is 12.2. The summed E-state index contributed by atoms with van der Waals surface area (Å²) < 4.78 is 5.73. The summed E-state index contributed by atoms with van der Waals surface area (Å²) in [7, 11) is 0. The molecule has 0 radical (unpaired) electrons. The van der Waals surface area contributed by atoms with E-state index in [0.717, 1.165) is 24.1 Å². The van der Waals surface area contributed by atoms with Gasteiger partial charge in [0, 0.05) is 22.9 Å². The highest BCUT2D eigenvalue weighted by Crippen LogP contribution is 2.24. The first kappa shape index (κ1) is 16.0. The summed E-state index contributed by atoms with van der Waals surface area (Å²) in [6.45, 7) is 1.04. The number of carbonyl (C=O) groups is 1. The second-order valence-electron chi connectivity index (χ2n) is 5.86. The lowest BCUT2D eigenvalue weighted by molar-refractivity contribution is 0.0916. The third kappa shape index (κ3) is 4.33. The maximum Gasteiger partial charge on any atom is 0.251 e. The van der Waals surface area contributed by atoms with Crippen molar-refractivity contribution in [1.29, 1.82) is 0 Å². The Hall–Kier alpha value is -1.85. The van der Waals surface area contributed by atoms with Crippen LogP contribution in [0.2, 0.25) is 0 Å². The van der Waals surface area contributed by atoms with Gasteiger partial charge in [-0.05, 0) is 42.5 Å². The predicted molar refractivity (Wildman–Crippen MR) is 90.8 cm³/mol. The monoisotopic (exact) mass is 331 g/mol. The van der Waals surface area contributed by atoms with Crippen molar-refractivity contribution in [2.45, 2.75) is 32.0 Å². The molecule has 2 unspecified atom stereocenters. The molecule has 2 N–H and O–H groups in total. The van der Waals surface area contributed by atoms with E-state index < -0.39 is 0 Å². The number of carbonyl (C=O) groups excluding carboxylic acids is 1. The van der Waals surface area contributed by atoms with Crippen LogP contribution in [0.15, 0.2) is 41.8 Å². The molecule has 1 heterocycles. The molecule has 1 aliphatic rings. The van der Waals surface area contributed by atoms with Crippen LogP contribution in [0.1, 0.15) is 34.5 Å². The number of thiophene rings is 1. The molecule has 4 nitrogen and oxygen atoms in total. The number of ether oxygens (including phenoxy) is 1. The fourth-order valence-electron chi connectivity index (χ4n) is 2.86. The molecule has 5 heteroatoms. The van der Waals surface area contributed by atoms with Gasteiger partial charge in [-0.1, -0.05) is 18.6 Å². The molecular weight excluding hydrogens is 310 g/mol. The largest absolute Gasteiger partial charge is 0.488 e. The van der Waals surface area contributed by atoms with E-state index in [2.05, 4.69) is 5.32 Å². The number of rotatable bonds is 6. The molecule has 1 aliphatic carbocycles. The van der Waals surface area contributed by atoms with Gasteiger partial charge in [0.15, 0.2) is 0 Å². The predicted octanol–water partition coefficient (Wildman–Crippen LogP) is 3.22. The number of hydrogen-bond donors (Lipinski definition) is 2. The van der Waals surface area contributed by atoms with E-state index in [1.165, 1.54) is 0 Å². The highest BCUT2D eigenvalue weighted by Gasteiger charge is 2.25. The topological polar surface area (TPSA) is 58.6 Å². The van der Waals surface area contributed by atoms with Gasteiger partial charge in [-0.2, -0.15) is 0 Å². The van der Waals surface area contributed by atoms with Gasteiger partial charge in [-0.15, -0.1) is 11.3 Å². The summed E-state index contributed by atoms with van der Waals surface area (Å²) in [5.74, 6) is 0.745. The Morgan fingerprint density at radius 2 is 2.22 bits per heavy atom. The van der Waals surface area contributed by atoms with E-state index in [9.17, 15) is 9.90 Å². The average Bonchev–Trinajstić information content (AvgIpc) is 3.22. The molecule has 23 heavy (non-hydrogen) atoms. The van der Waals surface area contributed by atoms with Crippen LogP contribution >= 0.6 is 11.3 Å². The molecule has 0 aliphatic heterocycles. The van der Waals surface area contributed by atoms with Crippen LogP contribution in [0.3, 0.4) is 0 Å². The molecule has 1 fully saturated rings. The zero-order chi connectivity index (χ0) is 16.1.